The molecule has 2 rings (SSSR count). The number of carbonyl (C=O) groups excluding carboxylic acids is 1. The minimum Gasteiger partial charge on any atom is -0.495 e. The molecule has 2 aromatic rings. The third-order valence-corrected chi connectivity index (χ3v) is 3.45. The van der Waals surface area contributed by atoms with Crippen LogP contribution in [0.5, 0.6) is 5.75 Å². The lowest BCUT2D eigenvalue weighted by atomic mass is 10.1. The van der Waals surface area contributed by atoms with E-state index in [-0.39, 0.29) is 5.91 Å². The summed E-state index contributed by atoms with van der Waals surface area (Å²) in [6.07, 6.45) is 0. The molecule has 0 bridgehead atoms. The summed E-state index contributed by atoms with van der Waals surface area (Å²) in [4.78, 5) is 13.0. The van der Waals surface area contributed by atoms with Gasteiger partial charge in [-0.05, 0) is 42.8 Å². The van der Waals surface area contributed by atoms with E-state index in [2.05, 4.69) is 17.9 Å². The van der Waals surface area contributed by atoms with E-state index >= 15 is 0 Å². The lowest BCUT2D eigenvalue weighted by Crippen LogP contribution is -2.13. The number of aryl methyl sites for hydroxylation is 1. The Bertz CT molecular complexity index is 658. The van der Waals surface area contributed by atoms with E-state index in [9.17, 15) is 4.79 Å². The van der Waals surface area contributed by atoms with Crippen LogP contribution in [0.15, 0.2) is 41.3 Å². The summed E-state index contributed by atoms with van der Waals surface area (Å²) < 4.78 is 5.07. The molecule has 0 saturated heterocycles. The topological polar surface area (TPSA) is 38.3 Å². The van der Waals surface area contributed by atoms with Crippen LogP contribution in [-0.4, -0.2) is 13.0 Å². The summed E-state index contributed by atoms with van der Waals surface area (Å²) in [6, 6.07) is 10.5. The highest BCUT2D eigenvalue weighted by molar-refractivity contribution is 7.80. The maximum atomic E-state index is 12.2. The van der Waals surface area contributed by atoms with Gasteiger partial charge in [0.1, 0.15) is 5.75 Å². The van der Waals surface area contributed by atoms with Gasteiger partial charge in [-0.25, -0.2) is 0 Å². The molecule has 0 unspecified atom stereocenters. The van der Waals surface area contributed by atoms with Crippen molar-refractivity contribution >= 4 is 35.8 Å². The van der Waals surface area contributed by atoms with Crippen molar-refractivity contribution in [3.8, 4) is 5.75 Å². The van der Waals surface area contributed by atoms with Gasteiger partial charge in [-0.3, -0.25) is 4.79 Å². The second-order valence-corrected chi connectivity index (χ2v) is 5.23. The fraction of sp³-hybridized carbons (Fsp3) is 0.133. The number of thiol groups is 1. The van der Waals surface area contributed by atoms with E-state index in [1.54, 1.807) is 31.4 Å². The Hall–Kier alpha value is -1.65. The predicted octanol–water partition coefficient (Wildman–Crippen LogP) is 4.20. The zero-order valence-corrected chi connectivity index (χ0v) is 12.8. The number of methoxy groups -OCH3 is 1. The Kier molecular flexibility index (Phi) is 4.57. The number of ether oxygens (including phenoxy) is 1. The van der Waals surface area contributed by atoms with Crippen molar-refractivity contribution in [3.63, 3.8) is 0 Å². The number of halogens is 1. The minimum absolute atomic E-state index is 0.195. The summed E-state index contributed by atoms with van der Waals surface area (Å²) in [6.45, 7) is 1.88. The van der Waals surface area contributed by atoms with Gasteiger partial charge in [-0.15, -0.1) is 12.6 Å². The van der Waals surface area contributed by atoms with Crippen molar-refractivity contribution in [1.82, 2.24) is 0 Å². The second-order valence-electron chi connectivity index (χ2n) is 4.30. The maximum absolute atomic E-state index is 12.2. The molecule has 3 nitrogen and oxygen atoms in total. The van der Waals surface area contributed by atoms with E-state index in [0.29, 0.717) is 22.0 Å². The summed E-state index contributed by atoms with van der Waals surface area (Å²) in [7, 11) is 1.54. The fourth-order valence-corrected chi connectivity index (χ4v) is 2.26. The molecule has 0 aliphatic heterocycles. The highest BCUT2D eigenvalue weighted by Crippen LogP contribution is 2.27. The molecule has 0 aliphatic rings. The summed E-state index contributed by atoms with van der Waals surface area (Å²) >= 11 is 10.3. The third kappa shape index (κ3) is 3.26. The van der Waals surface area contributed by atoms with Gasteiger partial charge in [-0.1, -0.05) is 17.7 Å². The highest BCUT2D eigenvalue weighted by atomic mass is 35.5. The number of amides is 1. The van der Waals surface area contributed by atoms with Gasteiger partial charge in [0.2, 0.25) is 0 Å². The molecule has 20 heavy (non-hydrogen) atoms. The first-order valence-electron chi connectivity index (χ1n) is 5.96. The molecular formula is C15H14ClNO2S. The van der Waals surface area contributed by atoms with Crippen molar-refractivity contribution in [1.29, 1.82) is 0 Å². The SMILES string of the molecule is COc1ccc(NC(=O)c2cc(S)ccc2C)cc1Cl. The first-order chi connectivity index (χ1) is 9.51. The molecule has 0 atom stereocenters. The van der Waals surface area contributed by atoms with Crippen molar-refractivity contribution in [2.45, 2.75) is 11.8 Å². The van der Waals surface area contributed by atoms with E-state index in [4.69, 9.17) is 16.3 Å². The van der Waals surface area contributed by atoms with E-state index in [1.807, 2.05) is 19.1 Å². The largest absolute Gasteiger partial charge is 0.495 e. The van der Waals surface area contributed by atoms with Crippen LogP contribution in [0.25, 0.3) is 0 Å². The number of rotatable bonds is 3. The molecule has 5 heteroatoms. The van der Waals surface area contributed by atoms with Crippen molar-refractivity contribution in [3.05, 3.63) is 52.5 Å². The lowest BCUT2D eigenvalue weighted by molar-refractivity contribution is 0.102. The van der Waals surface area contributed by atoms with Crippen molar-refractivity contribution in [2.75, 3.05) is 12.4 Å². The van der Waals surface area contributed by atoms with Gasteiger partial charge in [0.15, 0.2) is 0 Å². The average molecular weight is 308 g/mol. The van der Waals surface area contributed by atoms with Crippen LogP contribution in [0.4, 0.5) is 5.69 Å². The quantitative estimate of drug-likeness (QED) is 0.834. The van der Waals surface area contributed by atoms with Gasteiger partial charge in [0.25, 0.3) is 5.91 Å². The number of benzene rings is 2. The Labute approximate surface area is 128 Å². The number of hydrogen-bond donors (Lipinski definition) is 2. The second kappa shape index (κ2) is 6.20. The molecule has 1 N–H and O–H groups in total. The molecule has 0 radical (unpaired) electrons. The van der Waals surface area contributed by atoms with Crippen LogP contribution < -0.4 is 10.1 Å². The molecule has 2 aromatic carbocycles. The number of carbonyl (C=O) groups is 1. The third-order valence-electron chi connectivity index (χ3n) is 2.88. The van der Waals surface area contributed by atoms with E-state index < -0.39 is 0 Å². The van der Waals surface area contributed by atoms with Crippen LogP contribution in [0, 0.1) is 6.92 Å². The van der Waals surface area contributed by atoms with Gasteiger partial charge in [0.05, 0.1) is 12.1 Å². The monoisotopic (exact) mass is 307 g/mol. The molecular weight excluding hydrogens is 294 g/mol. The van der Waals surface area contributed by atoms with Gasteiger partial charge in [0, 0.05) is 16.1 Å². The molecule has 0 spiro atoms. The zero-order valence-electron chi connectivity index (χ0n) is 11.1. The smallest absolute Gasteiger partial charge is 0.255 e. The molecule has 1 amide bonds. The van der Waals surface area contributed by atoms with Crippen LogP contribution in [0.1, 0.15) is 15.9 Å². The van der Waals surface area contributed by atoms with Crippen LogP contribution in [0.2, 0.25) is 5.02 Å². The van der Waals surface area contributed by atoms with Gasteiger partial charge < -0.3 is 10.1 Å². The predicted molar refractivity (Wildman–Crippen MR) is 84.4 cm³/mol. The molecule has 104 valence electrons. The Balaban J connectivity index is 2.23. The number of hydrogen-bond acceptors (Lipinski definition) is 3. The first-order valence-corrected chi connectivity index (χ1v) is 6.78. The standard InChI is InChI=1S/C15H14ClNO2S/c1-9-3-5-11(20)8-12(9)15(18)17-10-4-6-14(19-2)13(16)7-10/h3-8,20H,1-2H3,(H,17,18). The van der Waals surface area contributed by atoms with Gasteiger partial charge >= 0.3 is 0 Å². The van der Waals surface area contributed by atoms with Crippen LogP contribution >= 0.6 is 24.2 Å². The maximum Gasteiger partial charge on any atom is 0.255 e. The summed E-state index contributed by atoms with van der Waals surface area (Å²) in [5.74, 6) is 0.373. The lowest BCUT2D eigenvalue weighted by Gasteiger charge is -2.10. The molecule has 0 fully saturated rings. The Morgan fingerprint density at radius 3 is 2.65 bits per heavy atom. The van der Waals surface area contributed by atoms with Gasteiger partial charge in [-0.2, -0.15) is 0 Å². The zero-order chi connectivity index (χ0) is 14.7. The van der Waals surface area contributed by atoms with Crippen LogP contribution in [0.3, 0.4) is 0 Å². The average Bonchev–Trinajstić information content (AvgIpc) is 2.41. The van der Waals surface area contributed by atoms with Crippen LogP contribution in [-0.2, 0) is 0 Å². The molecule has 0 aliphatic carbocycles. The molecule has 0 saturated carbocycles. The summed E-state index contributed by atoms with van der Waals surface area (Å²) in [5.41, 5.74) is 2.09. The Morgan fingerprint density at radius 1 is 1.25 bits per heavy atom. The first kappa shape index (κ1) is 14.8. The summed E-state index contributed by atoms with van der Waals surface area (Å²) in [5, 5.41) is 3.25. The molecule has 0 aromatic heterocycles. The number of nitrogens with one attached hydrogen (secondary N) is 1. The number of anilines is 1. The highest BCUT2D eigenvalue weighted by Gasteiger charge is 2.11. The normalized spacial score (nSPS) is 10.2. The van der Waals surface area contributed by atoms with E-state index in [0.717, 1.165) is 10.5 Å². The molecule has 0 heterocycles. The van der Waals surface area contributed by atoms with Crippen molar-refractivity contribution < 1.29 is 9.53 Å². The van der Waals surface area contributed by atoms with E-state index in [1.165, 1.54) is 0 Å². The van der Waals surface area contributed by atoms with Crippen molar-refractivity contribution in [2.24, 2.45) is 0 Å². The minimum atomic E-state index is -0.195. The fourth-order valence-electron chi connectivity index (χ4n) is 1.80. The Morgan fingerprint density at radius 2 is 2.00 bits per heavy atom.